The maximum Gasteiger partial charge on any atom is 0.326 e. The Morgan fingerprint density at radius 3 is 2.60 bits per heavy atom. The SMILES string of the molecule is CC1CN(C(=O)N[C@@H](CC(N)=O)C(=O)O)CC(CO)O1. The number of nitrogens with one attached hydrogen (secondary N) is 1. The summed E-state index contributed by atoms with van der Waals surface area (Å²) in [5, 5.41) is 20.2. The van der Waals surface area contributed by atoms with Crippen LogP contribution in [0.2, 0.25) is 0 Å². The molecule has 0 radical (unpaired) electrons. The molecular formula is C11H19N3O6. The Hall–Kier alpha value is -1.87. The van der Waals surface area contributed by atoms with E-state index in [2.05, 4.69) is 5.32 Å². The van der Waals surface area contributed by atoms with Gasteiger partial charge < -0.3 is 30.9 Å². The molecule has 2 unspecified atom stereocenters. The standard InChI is InChI=1S/C11H19N3O6/c1-6-3-14(4-7(5-15)20-6)11(19)13-8(10(17)18)2-9(12)16/h6-8,15H,2-5H2,1H3,(H2,12,16)(H,13,19)(H,17,18)/t6?,7?,8-/m0/s1. The minimum atomic E-state index is -1.37. The van der Waals surface area contributed by atoms with Crippen molar-refractivity contribution in [2.24, 2.45) is 5.73 Å². The molecule has 1 fully saturated rings. The van der Waals surface area contributed by atoms with E-state index in [1.807, 2.05) is 0 Å². The van der Waals surface area contributed by atoms with Gasteiger partial charge in [0.15, 0.2) is 0 Å². The quantitative estimate of drug-likeness (QED) is 0.466. The molecule has 0 aromatic rings. The Kier molecular flexibility index (Phi) is 5.71. The van der Waals surface area contributed by atoms with Crippen molar-refractivity contribution < 1.29 is 29.3 Å². The maximum atomic E-state index is 12.0. The van der Waals surface area contributed by atoms with Gasteiger partial charge in [0.25, 0.3) is 0 Å². The van der Waals surface area contributed by atoms with E-state index in [1.54, 1.807) is 6.92 Å². The van der Waals surface area contributed by atoms with Crippen molar-refractivity contribution in [2.75, 3.05) is 19.7 Å². The fourth-order valence-electron chi connectivity index (χ4n) is 1.95. The zero-order valence-electron chi connectivity index (χ0n) is 11.1. The molecule has 114 valence electrons. The number of ether oxygens (including phenoxy) is 1. The molecule has 1 rings (SSSR count). The Morgan fingerprint density at radius 1 is 1.45 bits per heavy atom. The highest BCUT2D eigenvalue weighted by Crippen LogP contribution is 2.11. The van der Waals surface area contributed by atoms with Crippen LogP contribution in [0.15, 0.2) is 0 Å². The predicted octanol–water partition coefficient (Wildman–Crippen LogP) is -1.89. The second-order valence-corrected chi connectivity index (χ2v) is 4.67. The first-order valence-electron chi connectivity index (χ1n) is 6.16. The number of rotatable bonds is 5. The van der Waals surface area contributed by atoms with Gasteiger partial charge in [0.1, 0.15) is 6.04 Å². The number of carbonyl (C=O) groups excluding carboxylic acids is 2. The van der Waals surface area contributed by atoms with Crippen molar-refractivity contribution in [1.82, 2.24) is 10.2 Å². The zero-order chi connectivity index (χ0) is 15.3. The van der Waals surface area contributed by atoms with Gasteiger partial charge in [0, 0.05) is 6.54 Å². The van der Waals surface area contributed by atoms with Gasteiger partial charge in [-0.05, 0) is 6.92 Å². The molecule has 0 bridgehead atoms. The molecular weight excluding hydrogens is 270 g/mol. The fourth-order valence-corrected chi connectivity index (χ4v) is 1.95. The number of hydrogen-bond donors (Lipinski definition) is 4. The van der Waals surface area contributed by atoms with E-state index in [0.29, 0.717) is 0 Å². The van der Waals surface area contributed by atoms with Crippen LogP contribution in [0, 0.1) is 0 Å². The van der Waals surface area contributed by atoms with E-state index < -0.39 is 36.5 Å². The summed E-state index contributed by atoms with van der Waals surface area (Å²) in [6.45, 7) is 1.92. The molecule has 3 atom stereocenters. The van der Waals surface area contributed by atoms with Gasteiger partial charge in [-0.1, -0.05) is 0 Å². The highest BCUT2D eigenvalue weighted by Gasteiger charge is 2.30. The van der Waals surface area contributed by atoms with E-state index in [9.17, 15) is 14.4 Å². The minimum absolute atomic E-state index is 0.148. The third-order valence-electron chi connectivity index (χ3n) is 2.82. The molecule has 3 amide bonds. The van der Waals surface area contributed by atoms with Crippen LogP contribution in [0.5, 0.6) is 0 Å². The summed E-state index contributed by atoms with van der Waals surface area (Å²) in [6, 6.07) is -2.00. The average molecular weight is 289 g/mol. The Balaban J connectivity index is 2.63. The van der Waals surface area contributed by atoms with Crippen LogP contribution in [0.4, 0.5) is 4.79 Å². The van der Waals surface area contributed by atoms with Crippen LogP contribution in [0.3, 0.4) is 0 Å². The first kappa shape index (κ1) is 16.2. The first-order valence-corrected chi connectivity index (χ1v) is 6.16. The third-order valence-corrected chi connectivity index (χ3v) is 2.82. The van der Waals surface area contributed by atoms with Gasteiger partial charge in [-0.15, -0.1) is 0 Å². The molecule has 0 saturated carbocycles. The molecule has 0 spiro atoms. The summed E-state index contributed by atoms with van der Waals surface area (Å²) < 4.78 is 5.37. The summed E-state index contributed by atoms with van der Waals surface area (Å²) in [6.07, 6.45) is -1.26. The van der Waals surface area contributed by atoms with Gasteiger partial charge in [-0.2, -0.15) is 0 Å². The minimum Gasteiger partial charge on any atom is -0.480 e. The third kappa shape index (κ3) is 4.67. The number of carboxylic acid groups (broad SMARTS) is 1. The lowest BCUT2D eigenvalue weighted by atomic mass is 10.2. The summed E-state index contributed by atoms with van der Waals surface area (Å²) >= 11 is 0. The molecule has 1 aliphatic heterocycles. The number of hydrogen-bond acceptors (Lipinski definition) is 5. The first-order chi connectivity index (χ1) is 9.33. The normalized spacial score (nSPS) is 24.0. The van der Waals surface area contributed by atoms with Crippen LogP contribution in [0.25, 0.3) is 0 Å². The smallest absolute Gasteiger partial charge is 0.326 e. The van der Waals surface area contributed by atoms with Crippen molar-refractivity contribution in [3.8, 4) is 0 Å². The number of carbonyl (C=O) groups is 3. The number of aliphatic carboxylic acids is 1. The summed E-state index contributed by atoms with van der Waals surface area (Å²) in [5.74, 6) is -2.15. The van der Waals surface area contributed by atoms with E-state index in [1.165, 1.54) is 4.90 Å². The van der Waals surface area contributed by atoms with E-state index in [0.717, 1.165) is 0 Å². The van der Waals surface area contributed by atoms with Crippen LogP contribution in [-0.2, 0) is 14.3 Å². The highest BCUT2D eigenvalue weighted by atomic mass is 16.5. The van der Waals surface area contributed by atoms with Crippen molar-refractivity contribution in [3.05, 3.63) is 0 Å². The van der Waals surface area contributed by atoms with Crippen molar-refractivity contribution in [1.29, 1.82) is 0 Å². The number of aliphatic hydroxyl groups excluding tert-OH is 1. The lowest BCUT2D eigenvalue weighted by Gasteiger charge is -2.36. The van der Waals surface area contributed by atoms with Gasteiger partial charge in [0.2, 0.25) is 5.91 Å². The molecule has 9 heteroatoms. The van der Waals surface area contributed by atoms with Crippen molar-refractivity contribution in [2.45, 2.75) is 31.6 Å². The molecule has 0 aromatic carbocycles. The largest absolute Gasteiger partial charge is 0.480 e. The van der Waals surface area contributed by atoms with Crippen molar-refractivity contribution >= 4 is 17.9 Å². The Bertz CT molecular complexity index is 388. The molecule has 5 N–H and O–H groups in total. The number of urea groups is 1. The van der Waals surface area contributed by atoms with Crippen molar-refractivity contribution in [3.63, 3.8) is 0 Å². The lowest BCUT2D eigenvalue weighted by Crippen LogP contribution is -2.56. The summed E-state index contributed by atoms with van der Waals surface area (Å²) in [5.41, 5.74) is 4.93. The number of nitrogens with zero attached hydrogens (tertiary/aromatic N) is 1. The van der Waals surface area contributed by atoms with E-state index >= 15 is 0 Å². The number of nitrogens with two attached hydrogens (primary N) is 1. The average Bonchev–Trinajstić information content (AvgIpc) is 2.36. The molecule has 0 aromatic heterocycles. The highest BCUT2D eigenvalue weighted by molar-refractivity contribution is 5.87. The summed E-state index contributed by atoms with van der Waals surface area (Å²) in [7, 11) is 0. The molecule has 9 nitrogen and oxygen atoms in total. The van der Waals surface area contributed by atoms with Crippen LogP contribution in [-0.4, -0.2) is 71.0 Å². The predicted molar refractivity (Wildman–Crippen MR) is 66.8 cm³/mol. The second-order valence-electron chi connectivity index (χ2n) is 4.67. The molecule has 1 heterocycles. The number of amides is 3. The maximum absolute atomic E-state index is 12.0. The van der Waals surface area contributed by atoms with Gasteiger partial charge in [-0.3, -0.25) is 4.79 Å². The number of carboxylic acids is 1. The van der Waals surface area contributed by atoms with Crippen LogP contribution >= 0.6 is 0 Å². The van der Waals surface area contributed by atoms with Gasteiger partial charge in [-0.25, -0.2) is 9.59 Å². The van der Waals surface area contributed by atoms with Crippen LogP contribution < -0.4 is 11.1 Å². The monoisotopic (exact) mass is 289 g/mol. The summed E-state index contributed by atoms with van der Waals surface area (Å²) in [4.78, 5) is 35.0. The topological polar surface area (TPSA) is 142 Å². The Morgan fingerprint density at radius 2 is 2.10 bits per heavy atom. The Labute approximate surface area is 115 Å². The lowest BCUT2D eigenvalue weighted by molar-refractivity contribution is -0.141. The van der Waals surface area contributed by atoms with Gasteiger partial charge >= 0.3 is 12.0 Å². The van der Waals surface area contributed by atoms with E-state index in [-0.39, 0.29) is 25.8 Å². The number of primary amides is 1. The fraction of sp³-hybridized carbons (Fsp3) is 0.727. The molecule has 0 aliphatic carbocycles. The zero-order valence-corrected chi connectivity index (χ0v) is 11.1. The number of aliphatic hydroxyl groups is 1. The number of morpholine rings is 1. The second kappa shape index (κ2) is 7.06. The van der Waals surface area contributed by atoms with Gasteiger partial charge in [0.05, 0.1) is 31.8 Å². The van der Waals surface area contributed by atoms with E-state index in [4.69, 9.17) is 20.7 Å². The molecule has 1 aliphatic rings. The van der Waals surface area contributed by atoms with Crippen LogP contribution in [0.1, 0.15) is 13.3 Å². The molecule has 1 saturated heterocycles. The molecule has 20 heavy (non-hydrogen) atoms.